The molecule has 2 aromatic carbocycles. The van der Waals surface area contributed by atoms with Gasteiger partial charge in [0.2, 0.25) is 0 Å². The van der Waals surface area contributed by atoms with E-state index in [1.54, 1.807) is 12.1 Å². The van der Waals surface area contributed by atoms with E-state index in [0.29, 0.717) is 21.9 Å². The molecule has 0 fully saturated rings. The third-order valence-electron chi connectivity index (χ3n) is 2.68. The van der Waals surface area contributed by atoms with Crippen LogP contribution in [0.3, 0.4) is 0 Å². The van der Waals surface area contributed by atoms with Crippen LogP contribution in [0.15, 0.2) is 36.4 Å². The van der Waals surface area contributed by atoms with Crippen LogP contribution in [0.4, 0.5) is 4.39 Å². The fraction of sp³-hybridized carbons (Fsp3) is 0. The maximum atomic E-state index is 13.2. The summed E-state index contributed by atoms with van der Waals surface area (Å²) in [6.45, 7) is 0. The van der Waals surface area contributed by atoms with E-state index in [0.717, 1.165) is 5.52 Å². The Hall–Kier alpha value is -2.07. The Balaban J connectivity index is 2.26. The topological polar surface area (TPSA) is 48.9 Å². The van der Waals surface area contributed by atoms with E-state index >= 15 is 0 Å². The van der Waals surface area contributed by atoms with Gasteiger partial charge in [-0.3, -0.25) is 0 Å². The molecule has 3 rings (SSSR count). The largest absolute Gasteiger partial charge is 0.507 e. The van der Waals surface area contributed by atoms with E-state index in [4.69, 9.17) is 11.6 Å². The zero-order valence-corrected chi connectivity index (χ0v) is 9.87. The molecule has 0 unspecified atom stereocenters. The number of para-hydroxylation sites is 1. The number of nitrogens with zero attached hydrogens (tertiary/aromatic N) is 1. The molecule has 0 saturated carbocycles. The molecule has 0 aliphatic carbocycles. The van der Waals surface area contributed by atoms with E-state index in [9.17, 15) is 9.50 Å². The van der Waals surface area contributed by atoms with Gasteiger partial charge in [-0.15, -0.1) is 0 Å². The number of rotatable bonds is 1. The Labute approximate surface area is 107 Å². The highest BCUT2D eigenvalue weighted by atomic mass is 35.5. The molecule has 90 valence electrons. The number of imidazole rings is 1. The Morgan fingerprint density at radius 1 is 1.22 bits per heavy atom. The molecule has 0 saturated heterocycles. The van der Waals surface area contributed by atoms with Gasteiger partial charge < -0.3 is 10.1 Å². The van der Waals surface area contributed by atoms with Crippen LogP contribution in [0, 0.1) is 5.82 Å². The van der Waals surface area contributed by atoms with Gasteiger partial charge >= 0.3 is 0 Å². The predicted octanol–water partition coefficient (Wildman–Crippen LogP) is 3.73. The van der Waals surface area contributed by atoms with Gasteiger partial charge in [0.1, 0.15) is 22.9 Å². The molecule has 3 nitrogen and oxygen atoms in total. The van der Waals surface area contributed by atoms with Crippen molar-refractivity contribution in [2.45, 2.75) is 0 Å². The summed E-state index contributed by atoms with van der Waals surface area (Å²) >= 11 is 6.01. The van der Waals surface area contributed by atoms with Crippen molar-refractivity contribution in [3.05, 3.63) is 47.2 Å². The number of nitrogens with one attached hydrogen (secondary N) is 1. The fourth-order valence-corrected chi connectivity index (χ4v) is 2.04. The highest BCUT2D eigenvalue weighted by Crippen LogP contribution is 2.30. The van der Waals surface area contributed by atoms with Gasteiger partial charge in [-0.1, -0.05) is 17.7 Å². The van der Waals surface area contributed by atoms with E-state index in [1.807, 2.05) is 6.07 Å². The van der Waals surface area contributed by atoms with Crippen molar-refractivity contribution in [1.29, 1.82) is 0 Å². The lowest BCUT2D eigenvalue weighted by molar-refractivity contribution is 0.475. The summed E-state index contributed by atoms with van der Waals surface area (Å²) in [5, 5.41) is 10.2. The zero-order chi connectivity index (χ0) is 12.7. The smallest absolute Gasteiger partial charge is 0.142 e. The molecular weight excluding hydrogens is 255 g/mol. The number of aromatic amines is 1. The molecule has 18 heavy (non-hydrogen) atoms. The first-order valence-electron chi connectivity index (χ1n) is 5.28. The summed E-state index contributed by atoms with van der Waals surface area (Å²) < 4.78 is 13.2. The summed E-state index contributed by atoms with van der Waals surface area (Å²) in [7, 11) is 0. The summed E-state index contributed by atoms with van der Waals surface area (Å²) in [6, 6.07) is 9.03. The second-order valence-electron chi connectivity index (χ2n) is 3.88. The predicted molar refractivity (Wildman–Crippen MR) is 68.2 cm³/mol. The first-order valence-corrected chi connectivity index (χ1v) is 5.66. The summed E-state index contributed by atoms with van der Waals surface area (Å²) in [5.41, 5.74) is 1.64. The zero-order valence-electron chi connectivity index (χ0n) is 9.11. The molecule has 0 radical (unpaired) electrons. The van der Waals surface area contributed by atoms with Gasteiger partial charge in [-0.05, 0) is 30.3 Å². The van der Waals surface area contributed by atoms with Crippen molar-refractivity contribution in [2.24, 2.45) is 0 Å². The number of benzene rings is 2. The molecule has 0 atom stereocenters. The minimum atomic E-state index is -0.436. The molecular formula is C13H8ClFN2O. The number of halogens is 2. The molecule has 2 N–H and O–H groups in total. The summed E-state index contributed by atoms with van der Waals surface area (Å²) in [4.78, 5) is 7.27. The normalized spacial score (nSPS) is 11.0. The molecule has 0 bridgehead atoms. The third kappa shape index (κ3) is 1.71. The van der Waals surface area contributed by atoms with E-state index < -0.39 is 5.82 Å². The van der Waals surface area contributed by atoms with Crippen LogP contribution < -0.4 is 0 Å². The summed E-state index contributed by atoms with van der Waals surface area (Å²) in [6.07, 6.45) is 0. The Bertz CT molecular complexity index is 739. The van der Waals surface area contributed by atoms with E-state index in [-0.39, 0.29) is 5.75 Å². The number of aromatic nitrogens is 2. The SMILES string of the molecule is Oc1ccc(F)cc1-c1nc2c(Cl)cccc2[nH]1. The molecule has 0 aliphatic heterocycles. The lowest BCUT2D eigenvalue weighted by Gasteiger charge is -2.00. The van der Waals surface area contributed by atoms with Gasteiger partial charge in [-0.2, -0.15) is 0 Å². The maximum Gasteiger partial charge on any atom is 0.142 e. The van der Waals surface area contributed by atoms with Gasteiger partial charge in [-0.25, -0.2) is 9.37 Å². The standard InChI is InChI=1S/C13H8ClFN2O/c14-9-2-1-3-10-12(9)17-13(16-10)8-6-7(15)4-5-11(8)18/h1-6,18H,(H,16,17). The number of hydrogen-bond donors (Lipinski definition) is 2. The van der Waals surface area contributed by atoms with Crippen molar-refractivity contribution in [3.8, 4) is 17.1 Å². The minimum absolute atomic E-state index is 0.0356. The average Bonchev–Trinajstić information content (AvgIpc) is 2.77. The second kappa shape index (κ2) is 3.99. The van der Waals surface area contributed by atoms with Crippen molar-refractivity contribution >= 4 is 22.6 Å². The number of hydrogen-bond acceptors (Lipinski definition) is 2. The Morgan fingerprint density at radius 3 is 2.83 bits per heavy atom. The minimum Gasteiger partial charge on any atom is -0.507 e. The fourth-order valence-electron chi connectivity index (χ4n) is 1.82. The second-order valence-corrected chi connectivity index (χ2v) is 4.29. The molecule has 0 amide bonds. The lowest BCUT2D eigenvalue weighted by Crippen LogP contribution is -1.83. The lowest BCUT2D eigenvalue weighted by atomic mass is 10.2. The van der Waals surface area contributed by atoms with Gasteiger partial charge in [0.15, 0.2) is 0 Å². The van der Waals surface area contributed by atoms with Crippen LogP contribution in [0.1, 0.15) is 0 Å². The number of aromatic hydroxyl groups is 1. The maximum absolute atomic E-state index is 13.2. The van der Waals surface area contributed by atoms with Crippen LogP contribution in [-0.4, -0.2) is 15.1 Å². The quantitative estimate of drug-likeness (QED) is 0.702. The van der Waals surface area contributed by atoms with Crippen molar-refractivity contribution in [2.75, 3.05) is 0 Å². The average molecular weight is 263 g/mol. The van der Waals surface area contributed by atoms with Crippen LogP contribution >= 0.6 is 11.6 Å². The van der Waals surface area contributed by atoms with Crippen LogP contribution in [-0.2, 0) is 0 Å². The third-order valence-corrected chi connectivity index (χ3v) is 2.98. The van der Waals surface area contributed by atoms with Crippen LogP contribution in [0.25, 0.3) is 22.4 Å². The van der Waals surface area contributed by atoms with Crippen molar-refractivity contribution in [3.63, 3.8) is 0 Å². The molecule has 0 spiro atoms. The Morgan fingerprint density at radius 2 is 2.06 bits per heavy atom. The first-order chi connectivity index (χ1) is 8.65. The molecule has 1 aromatic heterocycles. The van der Waals surface area contributed by atoms with Crippen LogP contribution in [0.2, 0.25) is 5.02 Å². The Kier molecular flexibility index (Phi) is 2.45. The molecule has 3 aromatic rings. The molecule has 1 heterocycles. The van der Waals surface area contributed by atoms with E-state index in [1.165, 1.54) is 18.2 Å². The molecule has 5 heteroatoms. The highest BCUT2D eigenvalue weighted by molar-refractivity contribution is 6.35. The van der Waals surface area contributed by atoms with Gasteiger partial charge in [0.05, 0.1) is 16.1 Å². The number of fused-ring (bicyclic) bond motifs is 1. The van der Waals surface area contributed by atoms with Gasteiger partial charge in [0, 0.05) is 0 Å². The van der Waals surface area contributed by atoms with Crippen molar-refractivity contribution < 1.29 is 9.50 Å². The summed E-state index contributed by atoms with van der Waals surface area (Å²) in [5.74, 6) is -0.0870. The number of phenolic OH excluding ortho intramolecular Hbond substituents is 1. The number of phenols is 1. The number of H-pyrrole nitrogens is 1. The monoisotopic (exact) mass is 262 g/mol. The van der Waals surface area contributed by atoms with Crippen molar-refractivity contribution in [1.82, 2.24) is 9.97 Å². The van der Waals surface area contributed by atoms with Crippen LogP contribution in [0.5, 0.6) is 5.75 Å². The highest BCUT2D eigenvalue weighted by Gasteiger charge is 2.11. The molecule has 0 aliphatic rings. The van der Waals surface area contributed by atoms with Gasteiger partial charge in [0.25, 0.3) is 0 Å². The first kappa shape index (κ1) is 11.0. The van der Waals surface area contributed by atoms with E-state index in [2.05, 4.69) is 9.97 Å².